The highest BCUT2D eigenvalue weighted by molar-refractivity contribution is 6.30. The van der Waals surface area contributed by atoms with Crippen molar-refractivity contribution < 1.29 is 18.9 Å². The monoisotopic (exact) mass is 445 g/mol. The number of hydrogen-bond acceptors (Lipinski definition) is 8. The Morgan fingerprint density at radius 3 is 2.06 bits per heavy atom. The first kappa shape index (κ1) is 21.4. The van der Waals surface area contributed by atoms with E-state index in [0.717, 1.165) is 18.5 Å². The topological polar surface area (TPSA) is 151 Å². The van der Waals surface area contributed by atoms with Crippen LogP contribution in [0.2, 0.25) is 5.02 Å². The van der Waals surface area contributed by atoms with Crippen LogP contribution in [-0.4, -0.2) is 26.7 Å². The molecule has 0 atom stereocenters. The minimum atomic E-state index is -0.805. The smallest absolute Gasteiger partial charge is 0.276 e. The quantitative estimate of drug-likeness (QED) is 0.320. The van der Waals surface area contributed by atoms with E-state index >= 15 is 0 Å². The Labute approximate surface area is 178 Å². The SMILES string of the molecule is O=C(NNc1ncnc(NNC(=O)c2cccc(Cl)c2)c1[N+](=O)[O-])c1ccc(F)cc1. The van der Waals surface area contributed by atoms with E-state index in [9.17, 15) is 24.1 Å². The van der Waals surface area contributed by atoms with Crippen molar-refractivity contribution in [3.05, 3.63) is 86.9 Å². The van der Waals surface area contributed by atoms with Crippen molar-refractivity contribution in [3.8, 4) is 0 Å². The number of hydrogen-bond donors (Lipinski definition) is 4. The fraction of sp³-hybridized carbons (Fsp3) is 0. The van der Waals surface area contributed by atoms with E-state index in [0.29, 0.717) is 5.02 Å². The Hall–Kier alpha value is -4.32. The maximum atomic E-state index is 13.0. The molecule has 3 aromatic rings. The summed E-state index contributed by atoms with van der Waals surface area (Å²) < 4.78 is 13.0. The third kappa shape index (κ3) is 5.39. The average molecular weight is 446 g/mol. The summed E-state index contributed by atoms with van der Waals surface area (Å²) in [4.78, 5) is 42.5. The normalized spacial score (nSPS) is 10.1. The molecule has 0 aliphatic heterocycles. The number of carbonyl (C=O) groups is 2. The van der Waals surface area contributed by atoms with Gasteiger partial charge in [-0.15, -0.1) is 0 Å². The lowest BCUT2D eigenvalue weighted by Gasteiger charge is -2.11. The van der Waals surface area contributed by atoms with Crippen LogP contribution in [0.1, 0.15) is 20.7 Å². The molecule has 1 aromatic heterocycles. The maximum Gasteiger partial charge on any atom is 0.356 e. The number of hydrazine groups is 2. The molecule has 0 fully saturated rings. The van der Waals surface area contributed by atoms with Crippen LogP contribution in [0.25, 0.3) is 0 Å². The van der Waals surface area contributed by atoms with E-state index < -0.39 is 28.2 Å². The number of amides is 2. The molecular formula is C18H13ClFN7O4. The van der Waals surface area contributed by atoms with Gasteiger partial charge in [-0.05, 0) is 42.5 Å². The molecule has 31 heavy (non-hydrogen) atoms. The Morgan fingerprint density at radius 2 is 1.52 bits per heavy atom. The molecule has 3 rings (SSSR count). The summed E-state index contributed by atoms with van der Waals surface area (Å²) in [6.07, 6.45) is 0.979. The fourth-order valence-electron chi connectivity index (χ4n) is 2.34. The highest BCUT2D eigenvalue weighted by atomic mass is 35.5. The molecule has 11 nitrogen and oxygen atoms in total. The largest absolute Gasteiger partial charge is 0.356 e. The first-order chi connectivity index (χ1) is 14.8. The second-order valence-electron chi connectivity index (χ2n) is 5.85. The Bertz CT molecular complexity index is 1140. The molecule has 1 heterocycles. The van der Waals surface area contributed by atoms with Gasteiger partial charge in [0, 0.05) is 16.1 Å². The molecule has 0 aliphatic rings. The first-order valence-electron chi connectivity index (χ1n) is 8.48. The Morgan fingerprint density at radius 1 is 0.935 bits per heavy atom. The summed E-state index contributed by atoms with van der Waals surface area (Å²) in [7, 11) is 0. The minimum absolute atomic E-state index is 0.109. The van der Waals surface area contributed by atoms with Gasteiger partial charge >= 0.3 is 5.69 Å². The van der Waals surface area contributed by atoms with Crippen LogP contribution in [-0.2, 0) is 0 Å². The molecule has 2 amide bonds. The van der Waals surface area contributed by atoms with Gasteiger partial charge in [-0.2, -0.15) is 0 Å². The van der Waals surface area contributed by atoms with Crippen molar-refractivity contribution >= 4 is 40.7 Å². The molecule has 0 radical (unpaired) electrons. The Kier molecular flexibility index (Phi) is 6.52. The van der Waals surface area contributed by atoms with Gasteiger partial charge in [0.1, 0.15) is 12.1 Å². The van der Waals surface area contributed by atoms with Crippen molar-refractivity contribution in [2.24, 2.45) is 0 Å². The second-order valence-corrected chi connectivity index (χ2v) is 6.29. The number of halogens is 2. The molecule has 158 valence electrons. The minimum Gasteiger partial charge on any atom is -0.276 e. The zero-order valence-electron chi connectivity index (χ0n) is 15.4. The molecule has 0 aliphatic carbocycles. The van der Waals surface area contributed by atoms with Gasteiger partial charge < -0.3 is 0 Å². The lowest BCUT2D eigenvalue weighted by atomic mass is 10.2. The molecule has 0 saturated carbocycles. The summed E-state index contributed by atoms with van der Waals surface area (Å²) in [6, 6.07) is 10.7. The van der Waals surface area contributed by atoms with E-state index in [-0.39, 0.29) is 22.8 Å². The summed E-state index contributed by atoms with van der Waals surface area (Å²) >= 11 is 5.83. The summed E-state index contributed by atoms with van der Waals surface area (Å²) in [5.74, 6) is -2.51. The van der Waals surface area contributed by atoms with Crippen LogP contribution in [0, 0.1) is 15.9 Å². The van der Waals surface area contributed by atoms with Crippen LogP contribution in [0.5, 0.6) is 0 Å². The van der Waals surface area contributed by atoms with Gasteiger partial charge in [0.05, 0.1) is 4.92 Å². The van der Waals surface area contributed by atoms with Crippen LogP contribution in [0.15, 0.2) is 54.9 Å². The molecule has 0 bridgehead atoms. The number of aromatic nitrogens is 2. The highest BCUT2D eigenvalue weighted by Crippen LogP contribution is 2.27. The predicted molar refractivity (Wildman–Crippen MR) is 109 cm³/mol. The summed E-state index contributed by atoms with van der Waals surface area (Å²) in [6.45, 7) is 0. The summed E-state index contributed by atoms with van der Waals surface area (Å²) in [5.41, 5.74) is 8.83. The van der Waals surface area contributed by atoms with Gasteiger partial charge in [-0.1, -0.05) is 17.7 Å². The molecule has 0 saturated heterocycles. The number of benzene rings is 2. The zero-order chi connectivity index (χ0) is 22.4. The molecule has 0 unspecified atom stereocenters. The standard InChI is InChI=1S/C18H13ClFN7O4/c19-12-3-1-2-11(8-12)18(29)26-24-16-14(27(30)31)15(21-9-22-16)23-25-17(28)10-4-6-13(20)7-5-10/h1-9H,(H,25,28)(H,26,29)(H2,21,22,23,24). The summed E-state index contributed by atoms with van der Waals surface area (Å²) in [5, 5.41) is 11.9. The van der Waals surface area contributed by atoms with Crippen molar-refractivity contribution in [1.82, 2.24) is 20.8 Å². The van der Waals surface area contributed by atoms with Gasteiger partial charge in [0.15, 0.2) is 0 Å². The molecule has 0 spiro atoms. The van der Waals surface area contributed by atoms with Crippen LogP contribution >= 0.6 is 11.6 Å². The Balaban J connectivity index is 1.73. The van der Waals surface area contributed by atoms with E-state index in [1.807, 2.05) is 0 Å². The maximum absolute atomic E-state index is 13.0. The number of nitrogens with one attached hydrogen (secondary N) is 4. The number of nitrogens with zero attached hydrogens (tertiary/aromatic N) is 3. The average Bonchev–Trinajstić information content (AvgIpc) is 2.76. The molecule has 2 aromatic carbocycles. The van der Waals surface area contributed by atoms with Gasteiger partial charge in [0.2, 0.25) is 11.6 Å². The van der Waals surface area contributed by atoms with Crippen LogP contribution in [0.3, 0.4) is 0 Å². The van der Waals surface area contributed by atoms with E-state index in [2.05, 4.69) is 31.7 Å². The van der Waals surface area contributed by atoms with Crippen LogP contribution in [0.4, 0.5) is 21.7 Å². The van der Waals surface area contributed by atoms with Crippen molar-refractivity contribution in [1.29, 1.82) is 0 Å². The number of nitro groups is 1. The lowest BCUT2D eigenvalue weighted by molar-refractivity contribution is -0.383. The van der Waals surface area contributed by atoms with E-state index in [1.165, 1.54) is 24.3 Å². The third-order valence-electron chi connectivity index (χ3n) is 3.79. The third-order valence-corrected chi connectivity index (χ3v) is 4.02. The van der Waals surface area contributed by atoms with E-state index in [4.69, 9.17) is 11.6 Å². The van der Waals surface area contributed by atoms with Gasteiger partial charge in [0.25, 0.3) is 11.8 Å². The number of carbonyl (C=O) groups excluding carboxylic acids is 2. The molecule has 13 heteroatoms. The zero-order valence-corrected chi connectivity index (χ0v) is 16.2. The highest BCUT2D eigenvalue weighted by Gasteiger charge is 2.24. The molecular weight excluding hydrogens is 433 g/mol. The van der Waals surface area contributed by atoms with Gasteiger partial charge in [-0.3, -0.25) is 41.4 Å². The second kappa shape index (κ2) is 9.45. The van der Waals surface area contributed by atoms with E-state index in [1.54, 1.807) is 12.1 Å². The van der Waals surface area contributed by atoms with Gasteiger partial charge in [-0.25, -0.2) is 14.4 Å². The predicted octanol–water partition coefficient (Wildman–Crippen LogP) is 2.69. The molecule has 4 N–H and O–H groups in total. The lowest BCUT2D eigenvalue weighted by Crippen LogP contribution is -2.32. The number of rotatable bonds is 7. The van der Waals surface area contributed by atoms with Crippen molar-refractivity contribution in [2.75, 3.05) is 10.9 Å². The van der Waals surface area contributed by atoms with Crippen molar-refractivity contribution in [2.45, 2.75) is 0 Å². The number of anilines is 2. The van der Waals surface area contributed by atoms with Crippen LogP contribution < -0.4 is 21.7 Å². The van der Waals surface area contributed by atoms with Crippen molar-refractivity contribution in [3.63, 3.8) is 0 Å². The first-order valence-corrected chi connectivity index (χ1v) is 8.86. The fourth-order valence-corrected chi connectivity index (χ4v) is 2.53.